The highest BCUT2D eigenvalue weighted by Gasteiger charge is 2.13. The Morgan fingerprint density at radius 1 is 0.760 bits per heavy atom. The van der Waals surface area contributed by atoms with Crippen molar-refractivity contribution in [3.05, 3.63) is 84.6 Å². The van der Waals surface area contributed by atoms with Crippen molar-refractivity contribution >= 4 is 33.9 Å². The van der Waals surface area contributed by atoms with Crippen LogP contribution in [0.25, 0.3) is 10.9 Å². The first-order chi connectivity index (χ1) is 12.3. The fraction of sp³-hybridized carbons (Fsp3) is 0. The van der Waals surface area contributed by atoms with E-state index in [0.29, 0.717) is 5.69 Å². The molecule has 0 aliphatic heterocycles. The number of benzene rings is 3. The van der Waals surface area contributed by atoms with Gasteiger partial charge in [0.15, 0.2) is 5.69 Å². The van der Waals surface area contributed by atoms with Gasteiger partial charge in [-0.3, -0.25) is 9.89 Å². The van der Waals surface area contributed by atoms with Crippen LogP contribution in [-0.4, -0.2) is 16.1 Å². The molecule has 3 aromatic carbocycles. The third-order valence-corrected chi connectivity index (χ3v) is 3.89. The second kappa shape index (κ2) is 6.49. The van der Waals surface area contributed by atoms with Gasteiger partial charge < -0.3 is 10.6 Å². The van der Waals surface area contributed by atoms with Crippen molar-refractivity contribution in [1.82, 2.24) is 10.2 Å². The summed E-state index contributed by atoms with van der Waals surface area (Å²) in [6.45, 7) is 0. The number of hydrogen-bond donors (Lipinski definition) is 3. The predicted molar refractivity (Wildman–Crippen MR) is 100 cm³/mol. The third-order valence-electron chi connectivity index (χ3n) is 3.89. The maximum atomic E-state index is 12.5. The van der Waals surface area contributed by atoms with Crippen LogP contribution in [0.5, 0.6) is 0 Å². The highest BCUT2D eigenvalue weighted by Crippen LogP contribution is 2.20. The summed E-state index contributed by atoms with van der Waals surface area (Å²) < 4.78 is 0. The Balaban J connectivity index is 1.48. The van der Waals surface area contributed by atoms with Crippen LogP contribution >= 0.6 is 0 Å². The van der Waals surface area contributed by atoms with E-state index in [1.807, 2.05) is 78.9 Å². The van der Waals surface area contributed by atoms with Gasteiger partial charge in [-0.05, 0) is 42.5 Å². The minimum atomic E-state index is -0.235. The number of anilines is 3. The standard InChI is InChI=1S/C20H16N4O/c25-20(19-17-8-4-5-9-18(17)23-24-19)22-16-12-10-15(11-13-16)21-14-6-2-1-3-7-14/h1-13,21H,(H,22,25)(H,23,24). The number of para-hydroxylation sites is 2. The molecule has 0 radical (unpaired) electrons. The molecule has 5 heteroatoms. The Labute approximate surface area is 144 Å². The molecule has 3 N–H and O–H groups in total. The third kappa shape index (κ3) is 3.21. The number of nitrogens with zero attached hydrogens (tertiary/aromatic N) is 1. The van der Waals surface area contributed by atoms with Crippen LogP contribution in [0.3, 0.4) is 0 Å². The number of aromatic amines is 1. The topological polar surface area (TPSA) is 69.8 Å². The van der Waals surface area contributed by atoms with Crippen LogP contribution in [0.1, 0.15) is 10.5 Å². The maximum Gasteiger partial charge on any atom is 0.276 e. The molecular weight excluding hydrogens is 312 g/mol. The van der Waals surface area contributed by atoms with E-state index in [0.717, 1.165) is 28.0 Å². The average Bonchev–Trinajstić information content (AvgIpc) is 3.08. The van der Waals surface area contributed by atoms with Gasteiger partial charge in [-0.15, -0.1) is 0 Å². The van der Waals surface area contributed by atoms with E-state index in [-0.39, 0.29) is 5.91 Å². The van der Waals surface area contributed by atoms with Gasteiger partial charge in [0.25, 0.3) is 5.91 Å². The fourth-order valence-corrected chi connectivity index (χ4v) is 2.65. The average molecular weight is 328 g/mol. The smallest absolute Gasteiger partial charge is 0.276 e. The fourth-order valence-electron chi connectivity index (χ4n) is 2.65. The van der Waals surface area contributed by atoms with Gasteiger partial charge in [0.1, 0.15) is 0 Å². The van der Waals surface area contributed by atoms with Crippen LogP contribution in [0, 0.1) is 0 Å². The number of nitrogens with one attached hydrogen (secondary N) is 3. The zero-order chi connectivity index (χ0) is 17.1. The zero-order valence-electron chi connectivity index (χ0n) is 13.4. The number of fused-ring (bicyclic) bond motifs is 1. The monoisotopic (exact) mass is 328 g/mol. The van der Waals surface area contributed by atoms with Crippen LogP contribution in [0.15, 0.2) is 78.9 Å². The summed E-state index contributed by atoms with van der Waals surface area (Å²) in [5, 5.41) is 14.0. The van der Waals surface area contributed by atoms with Crippen molar-refractivity contribution < 1.29 is 4.79 Å². The Bertz CT molecular complexity index is 1010. The number of carbonyl (C=O) groups is 1. The quantitative estimate of drug-likeness (QED) is 0.514. The maximum absolute atomic E-state index is 12.5. The Hall–Kier alpha value is -3.60. The Morgan fingerprint density at radius 2 is 1.40 bits per heavy atom. The lowest BCUT2D eigenvalue weighted by Gasteiger charge is -2.08. The highest BCUT2D eigenvalue weighted by atomic mass is 16.1. The molecule has 4 rings (SSSR count). The van der Waals surface area contributed by atoms with Crippen molar-refractivity contribution in [2.24, 2.45) is 0 Å². The summed E-state index contributed by atoms with van der Waals surface area (Å²) in [4.78, 5) is 12.5. The molecule has 0 fully saturated rings. The summed E-state index contributed by atoms with van der Waals surface area (Å²) in [6, 6.07) is 25.0. The number of H-pyrrole nitrogens is 1. The largest absolute Gasteiger partial charge is 0.356 e. The van der Waals surface area contributed by atoms with Crippen LogP contribution in [0.4, 0.5) is 17.1 Å². The summed E-state index contributed by atoms with van der Waals surface area (Å²) in [5.41, 5.74) is 3.92. The van der Waals surface area contributed by atoms with E-state index < -0.39 is 0 Å². The minimum absolute atomic E-state index is 0.235. The molecule has 122 valence electrons. The first-order valence-electron chi connectivity index (χ1n) is 7.96. The van der Waals surface area contributed by atoms with E-state index in [4.69, 9.17) is 0 Å². The molecule has 5 nitrogen and oxygen atoms in total. The molecule has 0 bridgehead atoms. The number of rotatable bonds is 4. The summed E-state index contributed by atoms with van der Waals surface area (Å²) in [7, 11) is 0. The van der Waals surface area contributed by atoms with Crippen molar-refractivity contribution in [3.8, 4) is 0 Å². The Kier molecular flexibility index (Phi) is 3.88. The number of hydrogen-bond acceptors (Lipinski definition) is 3. The molecule has 0 saturated carbocycles. The lowest BCUT2D eigenvalue weighted by atomic mass is 10.2. The summed E-state index contributed by atoms with van der Waals surface area (Å²) in [6.07, 6.45) is 0. The van der Waals surface area contributed by atoms with Gasteiger partial charge in [0.2, 0.25) is 0 Å². The van der Waals surface area contributed by atoms with E-state index in [2.05, 4.69) is 20.8 Å². The van der Waals surface area contributed by atoms with E-state index >= 15 is 0 Å². The number of carbonyl (C=O) groups excluding carboxylic acids is 1. The molecule has 1 heterocycles. The van der Waals surface area contributed by atoms with Crippen molar-refractivity contribution in [1.29, 1.82) is 0 Å². The first-order valence-corrected chi connectivity index (χ1v) is 7.96. The van der Waals surface area contributed by atoms with Gasteiger partial charge in [-0.25, -0.2) is 0 Å². The van der Waals surface area contributed by atoms with E-state index in [1.54, 1.807) is 0 Å². The highest BCUT2D eigenvalue weighted by molar-refractivity contribution is 6.11. The predicted octanol–water partition coefficient (Wildman–Crippen LogP) is 4.56. The minimum Gasteiger partial charge on any atom is -0.356 e. The lowest BCUT2D eigenvalue weighted by Crippen LogP contribution is -2.12. The van der Waals surface area contributed by atoms with Crippen molar-refractivity contribution in [3.63, 3.8) is 0 Å². The normalized spacial score (nSPS) is 10.6. The van der Waals surface area contributed by atoms with Crippen LogP contribution < -0.4 is 10.6 Å². The SMILES string of the molecule is O=C(Nc1ccc(Nc2ccccc2)cc1)c1n[nH]c2ccccc12. The molecule has 0 saturated heterocycles. The van der Waals surface area contributed by atoms with Gasteiger partial charge >= 0.3 is 0 Å². The number of amides is 1. The van der Waals surface area contributed by atoms with Gasteiger partial charge in [-0.1, -0.05) is 36.4 Å². The van der Waals surface area contributed by atoms with Crippen molar-refractivity contribution in [2.45, 2.75) is 0 Å². The molecule has 1 amide bonds. The molecule has 0 aliphatic carbocycles. The van der Waals surface area contributed by atoms with Crippen LogP contribution in [0.2, 0.25) is 0 Å². The van der Waals surface area contributed by atoms with Gasteiger partial charge in [0, 0.05) is 22.4 Å². The molecule has 0 aliphatic rings. The second-order valence-corrected chi connectivity index (χ2v) is 5.64. The van der Waals surface area contributed by atoms with E-state index in [9.17, 15) is 4.79 Å². The molecule has 25 heavy (non-hydrogen) atoms. The Morgan fingerprint density at radius 3 is 2.20 bits per heavy atom. The molecule has 4 aromatic rings. The summed E-state index contributed by atoms with van der Waals surface area (Å²) in [5.74, 6) is -0.235. The first kappa shape index (κ1) is 15.0. The van der Waals surface area contributed by atoms with E-state index in [1.165, 1.54) is 0 Å². The van der Waals surface area contributed by atoms with Gasteiger partial charge in [-0.2, -0.15) is 5.10 Å². The second-order valence-electron chi connectivity index (χ2n) is 5.64. The molecule has 1 aromatic heterocycles. The van der Waals surface area contributed by atoms with Gasteiger partial charge in [0.05, 0.1) is 5.52 Å². The molecule has 0 atom stereocenters. The molecular formula is C20H16N4O. The van der Waals surface area contributed by atoms with Crippen LogP contribution in [-0.2, 0) is 0 Å². The molecule has 0 unspecified atom stereocenters. The molecule has 0 spiro atoms. The lowest BCUT2D eigenvalue weighted by molar-refractivity contribution is 0.102. The number of aromatic nitrogens is 2. The van der Waals surface area contributed by atoms with Crippen molar-refractivity contribution in [2.75, 3.05) is 10.6 Å². The summed E-state index contributed by atoms with van der Waals surface area (Å²) >= 11 is 0. The zero-order valence-corrected chi connectivity index (χ0v) is 13.4.